The second-order valence-electron chi connectivity index (χ2n) is 19.7. The second kappa shape index (κ2) is 39.9. The van der Waals surface area contributed by atoms with E-state index in [2.05, 4.69) is 13.2 Å². The smallest absolute Gasteiger partial charge is 0.343 e. The van der Waals surface area contributed by atoms with E-state index in [0.29, 0.717) is 49.1 Å². The third-order valence-electron chi connectivity index (χ3n) is 12.9. The Labute approximate surface area is 442 Å². The SMILES string of the molecule is C=C(C)C(=O)OCCCCCCCCCCCCCCCCCOc1ccc(C(=O)Oc2ccc(OC(=O)c3ccc(OCCCCCCCCCCCCCCCCCOC(=O)C(=C)C)cc3)c(F)c2F)cc1. The summed E-state index contributed by atoms with van der Waals surface area (Å²) in [7, 11) is 0. The van der Waals surface area contributed by atoms with Gasteiger partial charge in [0, 0.05) is 11.1 Å². The van der Waals surface area contributed by atoms with Crippen molar-refractivity contribution in [1.29, 1.82) is 0 Å². The van der Waals surface area contributed by atoms with Gasteiger partial charge in [0.05, 0.1) is 37.6 Å². The highest BCUT2D eigenvalue weighted by atomic mass is 19.2. The molecule has 0 fully saturated rings. The first-order chi connectivity index (χ1) is 36.0. The summed E-state index contributed by atoms with van der Waals surface area (Å²) in [5.41, 5.74) is 1.17. The molecule has 0 saturated heterocycles. The van der Waals surface area contributed by atoms with Crippen molar-refractivity contribution >= 4 is 23.9 Å². The van der Waals surface area contributed by atoms with Gasteiger partial charge in [-0.15, -0.1) is 0 Å². The summed E-state index contributed by atoms with van der Waals surface area (Å²) in [6, 6.07) is 14.7. The van der Waals surface area contributed by atoms with Crippen LogP contribution in [-0.2, 0) is 19.1 Å². The Morgan fingerprint density at radius 3 is 0.824 bits per heavy atom. The van der Waals surface area contributed by atoms with Gasteiger partial charge in [0.15, 0.2) is 11.5 Å². The van der Waals surface area contributed by atoms with Crippen LogP contribution in [0.3, 0.4) is 0 Å². The summed E-state index contributed by atoms with van der Waals surface area (Å²) < 4.78 is 62.3. The topological polar surface area (TPSA) is 124 Å². The molecule has 3 aromatic rings. The number of rotatable bonds is 44. The maximum Gasteiger partial charge on any atom is 0.343 e. The van der Waals surface area contributed by atoms with Gasteiger partial charge in [-0.05, 0) is 100 Å². The highest BCUT2D eigenvalue weighted by Crippen LogP contribution is 2.29. The number of halogens is 2. The molecule has 0 amide bonds. The molecule has 3 rings (SSSR count). The van der Waals surface area contributed by atoms with E-state index in [9.17, 15) is 19.2 Å². The molecule has 0 radical (unpaired) electrons. The molecule has 3 aromatic carbocycles. The van der Waals surface area contributed by atoms with Crippen LogP contribution in [0, 0.1) is 11.6 Å². The zero-order chi connectivity index (χ0) is 53.4. The highest BCUT2D eigenvalue weighted by Gasteiger charge is 2.21. The van der Waals surface area contributed by atoms with Gasteiger partial charge in [-0.25, -0.2) is 19.2 Å². The normalized spacial score (nSPS) is 11.0. The van der Waals surface area contributed by atoms with Gasteiger partial charge in [0.25, 0.3) is 0 Å². The lowest BCUT2D eigenvalue weighted by Gasteiger charge is -2.11. The molecule has 0 bridgehead atoms. The van der Waals surface area contributed by atoms with E-state index in [-0.39, 0.29) is 23.1 Å². The number of esters is 4. The lowest BCUT2D eigenvalue weighted by atomic mass is 10.0. The molecule has 0 aliphatic rings. The molecule has 410 valence electrons. The second-order valence-corrected chi connectivity index (χ2v) is 19.7. The van der Waals surface area contributed by atoms with Crippen LogP contribution < -0.4 is 18.9 Å². The number of hydrogen-bond donors (Lipinski definition) is 0. The van der Waals surface area contributed by atoms with Crippen molar-refractivity contribution in [3.8, 4) is 23.0 Å². The van der Waals surface area contributed by atoms with Crippen molar-refractivity contribution in [2.45, 2.75) is 206 Å². The van der Waals surface area contributed by atoms with Crippen LogP contribution in [0.5, 0.6) is 23.0 Å². The fraction of sp³-hybridized carbons (Fsp3) is 0.581. The quantitative estimate of drug-likeness (QED) is 0.0234. The van der Waals surface area contributed by atoms with E-state index < -0.39 is 35.1 Å². The molecule has 0 N–H and O–H groups in total. The van der Waals surface area contributed by atoms with E-state index in [0.717, 1.165) is 63.5 Å². The Morgan fingerprint density at radius 2 is 0.581 bits per heavy atom. The van der Waals surface area contributed by atoms with Crippen LogP contribution in [0.1, 0.15) is 227 Å². The summed E-state index contributed by atoms with van der Waals surface area (Å²) >= 11 is 0. The summed E-state index contributed by atoms with van der Waals surface area (Å²) in [6.07, 6.45) is 35.6. The van der Waals surface area contributed by atoms with Crippen molar-refractivity contribution in [1.82, 2.24) is 0 Å². The number of hydrogen-bond acceptors (Lipinski definition) is 10. The molecule has 0 aliphatic carbocycles. The maximum absolute atomic E-state index is 15.0. The minimum absolute atomic E-state index is 0.134. The summed E-state index contributed by atoms with van der Waals surface area (Å²) in [5, 5.41) is 0. The summed E-state index contributed by atoms with van der Waals surface area (Å²) in [4.78, 5) is 48.3. The number of unbranched alkanes of at least 4 members (excludes halogenated alkanes) is 28. The predicted octanol–water partition coefficient (Wildman–Crippen LogP) is 17.1. The van der Waals surface area contributed by atoms with Gasteiger partial charge in [-0.3, -0.25) is 0 Å². The highest BCUT2D eigenvalue weighted by molar-refractivity contribution is 5.92. The zero-order valence-corrected chi connectivity index (χ0v) is 45.1. The average Bonchev–Trinajstić information content (AvgIpc) is 3.39. The minimum atomic E-state index is -1.45. The fourth-order valence-electron chi connectivity index (χ4n) is 8.32. The Bertz CT molecular complexity index is 1920. The molecule has 0 aromatic heterocycles. The molecule has 10 nitrogen and oxygen atoms in total. The van der Waals surface area contributed by atoms with Gasteiger partial charge < -0.3 is 28.4 Å². The molecule has 0 saturated carbocycles. The molecule has 0 heterocycles. The standard InChI is InChI=1S/C62H88F2O10/c1-49(2)59(65)71-47-33-29-25-21-17-13-9-5-7-11-15-19-23-27-31-45-69-53-39-35-51(36-40-53)61(67)73-55-43-44-56(58(64)57(55)63)74-62(68)52-37-41-54(42-38-52)70-46-32-28-24-20-16-12-8-6-10-14-18-22-26-30-34-48-72-60(66)50(3)4/h35-44H,1,3,5-34,45-48H2,2,4H3. The zero-order valence-electron chi connectivity index (χ0n) is 45.1. The number of ether oxygens (including phenoxy) is 6. The van der Waals surface area contributed by atoms with Crippen LogP contribution in [0.4, 0.5) is 8.78 Å². The van der Waals surface area contributed by atoms with Crippen LogP contribution in [0.25, 0.3) is 0 Å². The molecule has 12 heteroatoms. The Morgan fingerprint density at radius 1 is 0.351 bits per heavy atom. The molecule has 0 unspecified atom stereocenters. The monoisotopic (exact) mass is 1030 g/mol. The number of benzene rings is 3. The Kier molecular flexibility index (Phi) is 33.8. The largest absolute Gasteiger partial charge is 0.494 e. The van der Waals surface area contributed by atoms with E-state index in [4.69, 9.17) is 28.4 Å². The Hall–Kier alpha value is -5.52. The first-order valence-corrected chi connectivity index (χ1v) is 28.0. The molecule has 0 atom stereocenters. The van der Waals surface area contributed by atoms with Crippen LogP contribution in [-0.4, -0.2) is 50.3 Å². The maximum atomic E-state index is 15.0. The lowest BCUT2D eigenvalue weighted by molar-refractivity contribution is -0.139. The van der Waals surface area contributed by atoms with Crippen molar-refractivity contribution in [2.75, 3.05) is 26.4 Å². The molecule has 0 spiro atoms. The molecular formula is C62H88F2O10. The first-order valence-electron chi connectivity index (χ1n) is 28.0. The van der Waals surface area contributed by atoms with Crippen LogP contribution in [0.2, 0.25) is 0 Å². The van der Waals surface area contributed by atoms with Gasteiger partial charge in [0.1, 0.15) is 11.5 Å². The third-order valence-corrected chi connectivity index (χ3v) is 12.9. The number of carbonyl (C=O) groups excluding carboxylic acids is 4. The number of carbonyl (C=O) groups is 4. The van der Waals surface area contributed by atoms with E-state index in [1.165, 1.54) is 166 Å². The average molecular weight is 1030 g/mol. The van der Waals surface area contributed by atoms with Gasteiger partial charge in [-0.2, -0.15) is 8.78 Å². The first kappa shape index (κ1) is 62.8. The van der Waals surface area contributed by atoms with E-state index in [1.807, 2.05) is 0 Å². The minimum Gasteiger partial charge on any atom is -0.494 e. The van der Waals surface area contributed by atoms with Crippen molar-refractivity contribution in [3.63, 3.8) is 0 Å². The lowest BCUT2D eigenvalue weighted by Crippen LogP contribution is -2.12. The third kappa shape index (κ3) is 28.8. The van der Waals surface area contributed by atoms with Gasteiger partial charge >= 0.3 is 23.9 Å². The Balaban J connectivity index is 1.16. The van der Waals surface area contributed by atoms with Crippen molar-refractivity contribution in [3.05, 3.63) is 108 Å². The van der Waals surface area contributed by atoms with Crippen LogP contribution in [0.15, 0.2) is 85.0 Å². The van der Waals surface area contributed by atoms with Crippen LogP contribution >= 0.6 is 0 Å². The molecular weight excluding hydrogens is 943 g/mol. The van der Waals surface area contributed by atoms with E-state index >= 15 is 8.78 Å². The van der Waals surface area contributed by atoms with Gasteiger partial charge in [0.2, 0.25) is 11.6 Å². The molecule has 74 heavy (non-hydrogen) atoms. The fourth-order valence-corrected chi connectivity index (χ4v) is 8.32. The summed E-state index contributed by atoms with van der Waals surface area (Å²) in [5.74, 6) is -5.34. The predicted molar refractivity (Wildman–Crippen MR) is 290 cm³/mol. The van der Waals surface area contributed by atoms with Gasteiger partial charge in [-0.1, -0.05) is 180 Å². The molecule has 0 aliphatic heterocycles. The van der Waals surface area contributed by atoms with Crippen molar-refractivity contribution in [2.24, 2.45) is 0 Å². The summed E-state index contributed by atoms with van der Waals surface area (Å²) in [6.45, 7) is 12.6. The van der Waals surface area contributed by atoms with E-state index in [1.54, 1.807) is 38.1 Å². The van der Waals surface area contributed by atoms with Crippen molar-refractivity contribution < 1.29 is 56.4 Å².